The number of pyridine rings is 1. The molecule has 0 saturated carbocycles. The lowest BCUT2D eigenvalue weighted by atomic mass is 10.1. The first-order valence-corrected chi connectivity index (χ1v) is 8.54. The molecule has 0 aromatic carbocycles. The quantitative estimate of drug-likeness (QED) is 0.851. The maximum atomic E-state index is 12.9. The third-order valence-electron chi connectivity index (χ3n) is 3.96. The lowest BCUT2D eigenvalue weighted by molar-refractivity contribution is 0.0665. The fourth-order valence-corrected chi connectivity index (χ4v) is 3.07. The van der Waals surface area contributed by atoms with Crippen LogP contribution in [0.5, 0.6) is 5.88 Å². The molecule has 0 spiro atoms. The third kappa shape index (κ3) is 3.70. The number of carbonyl (C=O) groups is 1. The van der Waals surface area contributed by atoms with Gasteiger partial charge >= 0.3 is 0 Å². The highest BCUT2D eigenvalue weighted by atomic mass is 35.5. The second-order valence-corrected chi connectivity index (χ2v) is 6.59. The first-order valence-electron chi connectivity index (χ1n) is 8.16. The number of hydrogen-bond acceptors (Lipinski definition) is 4. The van der Waals surface area contributed by atoms with Crippen molar-refractivity contribution in [1.82, 2.24) is 19.7 Å². The Morgan fingerprint density at radius 3 is 2.96 bits per heavy atom. The molecule has 1 saturated heterocycles. The number of nitrogens with zero attached hydrogens (tertiary/aromatic N) is 4. The minimum absolute atomic E-state index is 0.0131. The Labute approximate surface area is 146 Å². The van der Waals surface area contributed by atoms with Gasteiger partial charge in [-0.15, -0.1) is 0 Å². The number of likely N-dealkylation sites (tertiary alicyclic amines) is 1. The van der Waals surface area contributed by atoms with E-state index in [1.165, 1.54) is 0 Å². The maximum Gasteiger partial charge on any atom is 0.274 e. The SMILES string of the molecule is CC(C)Oc1ccc(Cl)c(C(=O)N2CCC[C@@H](n3cccn3)C2)n1. The van der Waals surface area contributed by atoms with E-state index in [1.807, 2.05) is 30.8 Å². The van der Waals surface area contributed by atoms with Gasteiger partial charge in [-0.1, -0.05) is 11.6 Å². The fourth-order valence-electron chi connectivity index (χ4n) is 2.88. The van der Waals surface area contributed by atoms with Crippen LogP contribution >= 0.6 is 11.6 Å². The summed E-state index contributed by atoms with van der Waals surface area (Å²) in [6.45, 7) is 5.13. The van der Waals surface area contributed by atoms with Crippen LogP contribution in [0.1, 0.15) is 43.2 Å². The summed E-state index contributed by atoms with van der Waals surface area (Å²) in [5.41, 5.74) is 0.246. The highest BCUT2D eigenvalue weighted by molar-refractivity contribution is 6.33. The van der Waals surface area contributed by atoms with E-state index >= 15 is 0 Å². The zero-order chi connectivity index (χ0) is 17.1. The van der Waals surface area contributed by atoms with E-state index in [9.17, 15) is 4.79 Å². The Morgan fingerprint density at radius 2 is 2.25 bits per heavy atom. The molecule has 0 bridgehead atoms. The van der Waals surface area contributed by atoms with Gasteiger partial charge in [-0.3, -0.25) is 9.48 Å². The van der Waals surface area contributed by atoms with Crippen LogP contribution in [-0.4, -0.2) is 44.8 Å². The molecule has 0 unspecified atom stereocenters. The minimum Gasteiger partial charge on any atom is -0.475 e. The lowest BCUT2D eigenvalue weighted by Gasteiger charge is -2.32. The number of halogens is 1. The van der Waals surface area contributed by atoms with E-state index in [2.05, 4.69) is 10.1 Å². The number of amides is 1. The second-order valence-electron chi connectivity index (χ2n) is 6.18. The lowest BCUT2D eigenvalue weighted by Crippen LogP contribution is -2.41. The molecule has 3 heterocycles. The number of aromatic nitrogens is 3. The van der Waals surface area contributed by atoms with Crippen LogP contribution < -0.4 is 4.74 Å². The molecule has 1 atom stereocenters. The van der Waals surface area contributed by atoms with Gasteiger partial charge in [0.25, 0.3) is 5.91 Å². The highest BCUT2D eigenvalue weighted by Crippen LogP contribution is 2.25. The van der Waals surface area contributed by atoms with Crippen LogP contribution in [0.3, 0.4) is 0 Å². The summed E-state index contributed by atoms with van der Waals surface area (Å²) in [6.07, 6.45) is 5.60. The molecule has 0 radical (unpaired) electrons. The van der Waals surface area contributed by atoms with Crippen molar-refractivity contribution in [2.24, 2.45) is 0 Å². The zero-order valence-electron chi connectivity index (χ0n) is 13.9. The number of hydrogen-bond donors (Lipinski definition) is 0. The average molecular weight is 349 g/mol. The Kier molecular flexibility index (Phi) is 5.04. The molecular weight excluding hydrogens is 328 g/mol. The Bertz CT molecular complexity index is 703. The predicted octanol–water partition coefficient (Wildman–Crippen LogP) is 3.20. The molecule has 128 valence electrons. The van der Waals surface area contributed by atoms with Crippen LogP contribution in [0.2, 0.25) is 5.02 Å². The Balaban J connectivity index is 1.78. The normalized spacial score (nSPS) is 18.0. The van der Waals surface area contributed by atoms with Gasteiger partial charge in [-0.2, -0.15) is 5.10 Å². The van der Waals surface area contributed by atoms with Gasteiger partial charge in [-0.05, 0) is 38.8 Å². The van der Waals surface area contributed by atoms with E-state index in [4.69, 9.17) is 16.3 Å². The molecule has 3 rings (SSSR count). The molecule has 1 aliphatic rings. The summed E-state index contributed by atoms with van der Waals surface area (Å²) in [5.74, 6) is 0.254. The summed E-state index contributed by atoms with van der Waals surface area (Å²) in [7, 11) is 0. The summed E-state index contributed by atoms with van der Waals surface area (Å²) in [5, 5.41) is 4.63. The van der Waals surface area contributed by atoms with Gasteiger partial charge in [0.05, 0.1) is 17.2 Å². The molecule has 6 nitrogen and oxygen atoms in total. The van der Waals surface area contributed by atoms with Crippen LogP contribution in [0.15, 0.2) is 30.6 Å². The summed E-state index contributed by atoms with van der Waals surface area (Å²) < 4.78 is 7.48. The van der Waals surface area contributed by atoms with Gasteiger partial charge in [0.2, 0.25) is 5.88 Å². The van der Waals surface area contributed by atoms with Gasteiger partial charge < -0.3 is 9.64 Å². The summed E-state index contributed by atoms with van der Waals surface area (Å²) in [6, 6.07) is 5.42. The van der Waals surface area contributed by atoms with Crippen molar-refractivity contribution in [3.05, 3.63) is 41.3 Å². The van der Waals surface area contributed by atoms with Crippen molar-refractivity contribution < 1.29 is 9.53 Å². The number of piperidine rings is 1. The minimum atomic E-state index is -0.161. The van der Waals surface area contributed by atoms with E-state index in [-0.39, 0.29) is 23.7 Å². The number of rotatable bonds is 4. The Morgan fingerprint density at radius 1 is 1.42 bits per heavy atom. The molecule has 1 aliphatic heterocycles. The Hall–Kier alpha value is -2.08. The van der Waals surface area contributed by atoms with Crippen molar-refractivity contribution >= 4 is 17.5 Å². The van der Waals surface area contributed by atoms with Crippen molar-refractivity contribution in [1.29, 1.82) is 0 Å². The molecule has 24 heavy (non-hydrogen) atoms. The van der Waals surface area contributed by atoms with E-state index in [0.717, 1.165) is 12.8 Å². The van der Waals surface area contributed by atoms with Crippen LogP contribution in [0.4, 0.5) is 0 Å². The number of carbonyl (C=O) groups excluding carboxylic acids is 1. The third-order valence-corrected chi connectivity index (χ3v) is 4.27. The maximum absolute atomic E-state index is 12.9. The smallest absolute Gasteiger partial charge is 0.274 e. The summed E-state index contributed by atoms with van der Waals surface area (Å²) in [4.78, 5) is 19.0. The van der Waals surface area contributed by atoms with Gasteiger partial charge in [0.1, 0.15) is 0 Å². The molecule has 2 aromatic rings. The molecular formula is C17H21ClN4O2. The monoisotopic (exact) mass is 348 g/mol. The van der Waals surface area contributed by atoms with Crippen LogP contribution in [0.25, 0.3) is 0 Å². The van der Waals surface area contributed by atoms with Crippen molar-refractivity contribution in [2.45, 2.75) is 38.8 Å². The van der Waals surface area contributed by atoms with Gasteiger partial charge in [-0.25, -0.2) is 4.98 Å². The molecule has 2 aromatic heterocycles. The van der Waals surface area contributed by atoms with Gasteiger partial charge in [0.15, 0.2) is 5.69 Å². The second kappa shape index (κ2) is 7.21. The standard InChI is InChI=1S/C17H21ClN4O2/c1-12(2)24-15-7-6-14(18)16(20-15)17(23)21-9-3-5-13(11-21)22-10-4-8-19-22/h4,6-8,10,12-13H,3,5,9,11H2,1-2H3/t13-/m1/s1. The van der Waals surface area contributed by atoms with E-state index in [0.29, 0.717) is 24.0 Å². The molecule has 0 aliphatic carbocycles. The first kappa shape index (κ1) is 16.8. The zero-order valence-corrected chi connectivity index (χ0v) is 14.6. The predicted molar refractivity (Wildman–Crippen MR) is 91.4 cm³/mol. The van der Waals surface area contributed by atoms with Crippen molar-refractivity contribution in [3.8, 4) is 5.88 Å². The largest absolute Gasteiger partial charge is 0.475 e. The molecule has 0 N–H and O–H groups in total. The van der Waals surface area contributed by atoms with Crippen LogP contribution in [-0.2, 0) is 0 Å². The van der Waals surface area contributed by atoms with Crippen molar-refractivity contribution in [3.63, 3.8) is 0 Å². The van der Waals surface area contributed by atoms with Gasteiger partial charge in [0, 0.05) is 31.5 Å². The van der Waals surface area contributed by atoms with E-state index in [1.54, 1.807) is 23.2 Å². The van der Waals surface area contributed by atoms with Crippen molar-refractivity contribution in [2.75, 3.05) is 13.1 Å². The fraction of sp³-hybridized carbons (Fsp3) is 0.471. The van der Waals surface area contributed by atoms with E-state index < -0.39 is 0 Å². The molecule has 1 amide bonds. The first-order chi connectivity index (χ1) is 11.5. The van der Waals surface area contributed by atoms with Crippen LogP contribution in [0, 0.1) is 0 Å². The highest BCUT2D eigenvalue weighted by Gasteiger charge is 2.28. The molecule has 7 heteroatoms. The topological polar surface area (TPSA) is 60.2 Å². The molecule has 1 fully saturated rings. The summed E-state index contributed by atoms with van der Waals surface area (Å²) >= 11 is 6.20. The number of ether oxygens (including phenoxy) is 1. The average Bonchev–Trinajstić information content (AvgIpc) is 3.10.